The van der Waals surface area contributed by atoms with Crippen molar-refractivity contribution >= 4 is 0 Å². The van der Waals surface area contributed by atoms with Crippen molar-refractivity contribution in [2.45, 2.75) is 58.3 Å². The first-order chi connectivity index (χ1) is 6.97. The molecule has 3 fully saturated rings. The van der Waals surface area contributed by atoms with Gasteiger partial charge in [-0.05, 0) is 36.5 Å². The Bertz CT molecular complexity index is 270. The summed E-state index contributed by atoms with van der Waals surface area (Å²) in [7, 11) is 0. The molecule has 0 radical (unpaired) electrons. The summed E-state index contributed by atoms with van der Waals surface area (Å²) < 4.78 is 13.7. The SMILES string of the molecule is CC(C)(C)CC1C2CC2C2C(F)CCN12. The van der Waals surface area contributed by atoms with Gasteiger partial charge in [0.15, 0.2) is 0 Å². The summed E-state index contributed by atoms with van der Waals surface area (Å²) in [5.41, 5.74) is 0.390. The van der Waals surface area contributed by atoms with E-state index in [1.165, 1.54) is 12.8 Å². The number of hydrogen-bond donors (Lipinski definition) is 0. The molecular weight excluding hydrogens is 189 g/mol. The Balaban J connectivity index is 1.76. The maximum absolute atomic E-state index is 13.7. The van der Waals surface area contributed by atoms with Crippen molar-refractivity contribution in [3.8, 4) is 0 Å². The third kappa shape index (κ3) is 1.52. The van der Waals surface area contributed by atoms with E-state index in [0.29, 0.717) is 17.5 Å². The molecular formula is C13H22FN. The largest absolute Gasteiger partial charge is 0.294 e. The molecule has 0 bridgehead atoms. The molecule has 3 aliphatic rings. The highest BCUT2D eigenvalue weighted by atomic mass is 19.1. The van der Waals surface area contributed by atoms with Gasteiger partial charge in [-0.3, -0.25) is 4.90 Å². The minimum atomic E-state index is -0.523. The lowest BCUT2D eigenvalue weighted by atomic mass is 9.86. The molecule has 5 unspecified atom stereocenters. The Labute approximate surface area is 92.0 Å². The molecule has 3 rings (SSSR count). The average Bonchev–Trinajstić information content (AvgIpc) is 2.70. The van der Waals surface area contributed by atoms with E-state index in [4.69, 9.17) is 0 Å². The van der Waals surface area contributed by atoms with E-state index >= 15 is 0 Å². The third-order valence-corrected chi connectivity index (χ3v) is 4.49. The number of alkyl halides is 1. The van der Waals surface area contributed by atoms with Crippen molar-refractivity contribution in [3.05, 3.63) is 0 Å². The number of hydrogen-bond acceptors (Lipinski definition) is 1. The van der Waals surface area contributed by atoms with Crippen LogP contribution in [0.1, 0.15) is 40.0 Å². The molecule has 0 aromatic heterocycles. The monoisotopic (exact) mass is 211 g/mol. The second kappa shape index (κ2) is 2.97. The summed E-state index contributed by atoms with van der Waals surface area (Å²) in [6, 6.07) is 1.00. The minimum absolute atomic E-state index is 0.308. The number of rotatable bonds is 1. The predicted octanol–water partition coefficient (Wildman–Crippen LogP) is 2.85. The number of fused-ring (bicyclic) bond motifs is 3. The molecule has 1 nitrogen and oxygen atoms in total. The Kier molecular flexibility index (Phi) is 1.99. The molecule has 2 heteroatoms. The standard InChI is InChI=1S/C13H22FN/c1-13(2,3)7-11-8-6-9(8)12-10(14)4-5-15(11)12/h8-12H,4-7H2,1-3H3. The zero-order valence-corrected chi connectivity index (χ0v) is 10.0. The molecule has 0 spiro atoms. The van der Waals surface area contributed by atoms with Gasteiger partial charge in [0.05, 0.1) is 0 Å². The van der Waals surface area contributed by atoms with Crippen LogP contribution < -0.4 is 0 Å². The van der Waals surface area contributed by atoms with Crippen LogP contribution in [0, 0.1) is 17.3 Å². The molecule has 0 aromatic rings. The molecule has 5 atom stereocenters. The van der Waals surface area contributed by atoms with Crippen molar-refractivity contribution in [1.82, 2.24) is 4.90 Å². The quantitative estimate of drug-likeness (QED) is 0.644. The maximum Gasteiger partial charge on any atom is 0.117 e. The van der Waals surface area contributed by atoms with Crippen molar-refractivity contribution in [2.24, 2.45) is 17.3 Å². The van der Waals surface area contributed by atoms with Crippen LogP contribution in [-0.2, 0) is 0 Å². The van der Waals surface area contributed by atoms with Crippen LogP contribution in [0.3, 0.4) is 0 Å². The lowest BCUT2D eigenvalue weighted by Crippen LogP contribution is -2.39. The van der Waals surface area contributed by atoms with E-state index < -0.39 is 6.17 Å². The first-order valence-corrected chi connectivity index (χ1v) is 6.37. The van der Waals surface area contributed by atoms with Crippen LogP contribution in [0.5, 0.6) is 0 Å². The Hall–Kier alpha value is -0.110. The Morgan fingerprint density at radius 3 is 2.67 bits per heavy atom. The van der Waals surface area contributed by atoms with Gasteiger partial charge in [-0.1, -0.05) is 20.8 Å². The third-order valence-electron chi connectivity index (χ3n) is 4.49. The second-order valence-electron chi connectivity index (χ2n) is 6.93. The van der Waals surface area contributed by atoms with E-state index in [1.54, 1.807) is 0 Å². The first kappa shape index (κ1) is 10.1. The van der Waals surface area contributed by atoms with E-state index in [1.807, 2.05) is 0 Å². The predicted molar refractivity (Wildman–Crippen MR) is 59.5 cm³/mol. The van der Waals surface area contributed by atoms with Gasteiger partial charge in [0.25, 0.3) is 0 Å². The Morgan fingerprint density at radius 2 is 2.00 bits per heavy atom. The van der Waals surface area contributed by atoms with Crippen molar-refractivity contribution < 1.29 is 4.39 Å². The van der Waals surface area contributed by atoms with E-state index in [-0.39, 0.29) is 0 Å². The van der Waals surface area contributed by atoms with Gasteiger partial charge in [0.2, 0.25) is 0 Å². The molecule has 2 aliphatic heterocycles. The number of piperidine rings is 1. The molecule has 1 saturated carbocycles. The van der Waals surface area contributed by atoms with Gasteiger partial charge in [0, 0.05) is 18.6 Å². The van der Waals surface area contributed by atoms with Gasteiger partial charge in [-0.15, -0.1) is 0 Å². The summed E-state index contributed by atoms with van der Waals surface area (Å²) in [4.78, 5) is 2.49. The fraction of sp³-hybridized carbons (Fsp3) is 1.00. The smallest absolute Gasteiger partial charge is 0.117 e. The van der Waals surface area contributed by atoms with Crippen LogP contribution in [0.2, 0.25) is 0 Å². The second-order valence-corrected chi connectivity index (χ2v) is 6.93. The minimum Gasteiger partial charge on any atom is -0.294 e. The fourth-order valence-electron chi connectivity index (χ4n) is 3.91. The lowest BCUT2D eigenvalue weighted by Gasteiger charge is -2.32. The molecule has 2 heterocycles. The average molecular weight is 211 g/mol. The normalized spacial score (nSPS) is 49.2. The van der Waals surface area contributed by atoms with Gasteiger partial charge in [-0.2, -0.15) is 0 Å². The topological polar surface area (TPSA) is 3.24 Å². The fourth-order valence-corrected chi connectivity index (χ4v) is 3.91. The van der Waals surface area contributed by atoms with Crippen molar-refractivity contribution in [1.29, 1.82) is 0 Å². The first-order valence-electron chi connectivity index (χ1n) is 6.37. The highest BCUT2D eigenvalue weighted by Gasteiger charge is 2.62. The van der Waals surface area contributed by atoms with Crippen LogP contribution >= 0.6 is 0 Å². The number of nitrogens with zero attached hydrogens (tertiary/aromatic N) is 1. The van der Waals surface area contributed by atoms with E-state index in [2.05, 4.69) is 25.7 Å². The highest BCUT2D eigenvalue weighted by Crippen LogP contribution is 2.59. The number of halogens is 1. The van der Waals surface area contributed by atoms with Crippen LogP contribution in [-0.4, -0.2) is 29.7 Å². The maximum atomic E-state index is 13.7. The molecule has 86 valence electrons. The zero-order chi connectivity index (χ0) is 10.8. The van der Waals surface area contributed by atoms with Crippen molar-refractivity contribution in [2.75, 3.05) is 6.54 Å². The molecule has 0 N–H and O–H groups in total. The zero-order valence-electron chi connectivity index (χ0n) is 10.0. The van der Waals surface area contributed by atoms with Crippen LogP contribution in [0.4, 0.5) is 4.39 Å². The van der Waals surface area contributed by atoms with Crippen molar-refractivity contribution in [3.63, 3.8) is 0 Å². The van der Waals surface area contributed by atoms with Gasteiger partial charge >= 0.3 is 0 Å². The molecule has 0 amide bonds. The van der Waals surface area contributed by atoms with Gasteiger partial charge in [-0.25, -0.2) is 4.39 Å². The van der Waals surface area contributed by atoms with Gasteiger partial charge < -0.3 is 0 Å². The summed E-state index contributed by atoms with van der Waals surface area (Å²) in [6.07, 6.45) is 2.82. The molecule has 1 aliphatic carbocycles. The summed E-state index contributed by atoms with van der Waals surface area (Å²) in [5.74, 6) is 1.56. The van der Waals surface area contributed by atoms with Crippen LogP contribution in [0.25, 0.3) is 0 Å². The summed E-state index contributed by atoms with van der Waals surface area (Å²) in [5, 5.41) is 0. The summed E-state index contributed by atoms with van der Waals surface area (Å²) in [6.45, 7) is 7.93. The van der Waals surface area contributed by atoms with Gasteiger partial charge in [0.1, 0.15) is 6.17 Å². The molecule has 2 saturated heterocycles. The molecule has 0 aromatic carbocycles. The highest BCUT2D eigenvalue weighted by molar-refractivity contribution is 5.15. The Morgan fingerprint density at radius 1 is 1.27 bits per heavy atom. The van der Waals surface area contributed by atoms with E-state index in [0.717, 1.165) is 24.8 Å². The molecule has 15 heavy (non-hydrogen) atoms. The van der Waals surface area contributed by atoms with Crippen LogP contribution in [0.15, 0.2) is 0 Å². The van der Waals surface area contributed by atoms with E-state index in [9.17, 15) is 4.39 Å². The lowest BCUT2D eigenvalue weighted by molar-refractivity contribution is 0.135. The summed E-state index contributed by atoms with van der Waals surface area (Å²) >= 11 is 0.